The fourth-order valence-corrected chi connectivity index (χ4v) is 1.38. The van der Waals surface area contributed by atoms with Crippen molar-refractivity contribution < 1.29 is 19.2 Å². The maximum Gasteiger partial charge on any atom is 0.329 e. The molecule has 1 aliphatic carbocycles. The number of hydrogen-bond donors (Lipinski definition) is 1. The second kappa shape index (κ2) is 3.98. The van der Waals surface area contributed by atoms with Crippen LogP contribution >= 0.6 is 0 Å². The minimum absolute atomic E-state index is 0.0560. The zero-order valence-electron chi connectivity index (χ0n) is 8.34. The molecule has 2 rings (SSSR count). The third-order valence-electron chi connectivity index (χ3n) is 2.38. The predicted molar refractivity (Wildman–Crippen MR) is 48.1 cm³/mol. The molecular formula is C9H12N2O4. The van der Waals surface area contributed by atoms with Crippen LogP contribution < -0.4 is 0 Å². The van der Waals surface area contributed by atoms with E-state index in [4.69, 9.17) is 14.4 Å². The predicted octanol–water partition coefficient (Wildman–Crippen LogP) is 0.794. The molecule has 0 radical (unpaired) electrons. The highest BCUT2D eigenvalue weighted by atomic mass is 16.5. The van der Waals surface area contributed by atoms with Crippen molar-refractivity contribution in [2.24, 2.45) is 5.92 Å². The van der Waals surface area contributed by atoms with Crippen molar-refractivity contribution in [3.63, 3.8) is 0 Å². The fourth-order valence-electron chi connectivity index (χ4n) is 1.38. The summed E-state index contributed by atoms with van der Waals surface area (Å²) in [6, 6.07) is 0. The molecule has 1 saturated carbocycles. The Kier molecular flexibility index (Phi) is 2.68. The van der Waals surface area contributed by atoms with E-state index in [1.54, 1.807) is 0 Å². The van der Waals surface area contributed by atoms with Crippen LogP contribution in [0.25, 0.3) is 0 Å². The van der Waals surface area contributed by atoms with E-state index in [1.165, 1.54) is 0 Å². The monoisotopic (exact) mass is 212 g/mol. The minimum atomic E-state index is -1.01. The van der Waals surface area contributed by atoms with Crippen LogP contribution in [0, 0.1) is 5.92 Å². The van der Waals surface area contributed by atoms with Gasteiger partial charge in [-0.15, -0.1) is 0 Å². The summed E-state index contributed by atoms with van der Waals surface area (Å²) in [7, 11) is 0. The van der Waals surface area contributed by atoms with Gasteiger partial charge < -0.3 is 14.4 Å². The molecule has 0 bridgehead atoms. The second-order valence-corrected chi connectivity index (χ2v) is 3.75. The van der Waals surface area contributed by atoms with Gasteiger partial charge >= 0.3 is 5.97 Å². The van der Waals surface area contributed by atoms with E-state index in [-0.39, 0.29) is 13.2 Å². The van der Waals surface area contributed by atoms with Crippen molar-refractivity contribution in [3.8, 4) is 0 Å². The topological polar surface area (TPSA) is 85.5 Å². The lowest BCUT2D eigenvalue weighted by atomic mass is 10.3. The van der Waals surface area contributed by atoms with Gasteiger partial charge in [0.05, 0.1) is 0 Å². The van der Waals surface area contributed by atoms with Crippen molar-refractivity contribution in [3.05, 3.63) is 11.7 Å². The Morgan fingerprint density at radius 3 is 3.07 bits per heavy atom. The van der Waals surface area contributed by atoms with Crippen LogP contribution in [0.3, 0.4) is 0 Å². The summed E-state index contributed by atoms with van der Waals surface area (Å²) in [5, 5.41) is 12.2. The number of hydrogen-bond acceptors (Lipinski definition) is 5. The fraction of sp³-hybridized carbons (Fsp3) is 0.667. The van der Waals surface area contributed by atoms with E-state index in [1.807, 2.05) is 0 Å². The third kappa shape index (κ3) is 2.53. The van der Waals surface area contributed by atoms with Crippen LogP contribution in [0.4, 0.5) is 0 Å². The molecule has 1 aromatic rings. The SMILES string of the molecule is CC1CC1c1noc(COCC(=O)O)n1. The first-order valence-electron chi connectivity index (χ1n) is 4.79. The molecule has 1 heterocycles. The minimum Gasteiger partial charge on any atom is -0.480 e. The van der Waals surface area contributed by atoms with Crippen LogP contribution in [-0.4, -0.2) is 27.8 Å². The summed E-state index contributed by atoms with van der Waals surface area (Å²) < 4.78 is 9.74. The number of carboxylic acids is 1. The van der Waals surface area contributed by atoms with Gasteiger partial charge in [0.1, 0.15) is 13.2 Å². The third-order valence-corrected chi connectivity index (χ3v) is 2.38. The Hall–Kier alpha value is -1.43. The molecule has 1 aliphatic rings. The molecule has 0 spiro atoms. The molecule has 82 valence electrons. The van der Waals surface area contributed by atoms with E-state index in [9.17, 15) is 4.79 Å². The van der Waals surface area contributed by atoms with E-state index < -0.39 is 5.97 Å². The number of carboxylic acid groups (broad SMARTS) is 1. The Balaban J connectivity index is 1.82. The highest BCUT2D eigenvalue weighted by Crippen LogP contribution is 2.45. The Bertz CT molecular complexity index is 363. The van der Waals surface area contributed by atoms with Gasteiger partial charge in [-0.2, -0.15) is 4.98 Å². The number of nitrogens with zero attached hydrogens (tertiary/aromatic N) is 2. The molecule has 2 atom stereocenters. The molecule has 0 amide bonds. The van der Waals surface area contributed by atoms with Crippen molar-refractivity contribution in [1.29, 1.82) is 0 Å². The van der Waals surface area contributed by atoms with Gasteiger partial charge in [-0.25, -0.2) is 4.79 Å². The Labute approximate surface area is 86.2 Å². The molecule has 0 saturated heterocycles. The zero-order valence-corrected chi connectivity index (χ0v) is 8.34. The standard InChI is InChI=1S/C9H12N2O4/c1-5-2-6(5)9-10-7(15-11-9)3-14-4-8(12)13/h5-6H,2-4H2,1H3,(H,12,13). The summed E-state index contributed by atoms with van der Waals surface area (Å²) in [4.78, 5) is 14.3. The highest BCUT2D eigenvalue weighted by Gasteiger charge is 2.38. The van der Waals surface area contributed by atoms with Crippen LogP contribution in [0.5, 0.6) is 0 Å². The average molecular weight is 212 g/mol. The lowest BCUT2D eigenvalue weighted by Gasteiger charge is -1.93. The van der Waals surface area contributed by atoms with Gasteiger partial charge in [0.25, 0.3) is 5.89 Å². The molecule has 1 aromatic heterocycles. The molecule has 0 aliphatic heterocycles. The normalized spacial score (nSPS) is 24.1. The van der Waals surface area contributed by atoms with Gasteiger partial charge in [-0.05, 0) is 12.3 Å². The van der Waals surface area contributed by atoms with E-state index in [0.717, 1.165) is 6.42 Å². The second-order valence-electron chi connectivity index (χ2n) is 3.75. The van der Waals surface area contributed by atoms with Crippen LogP contribution in [0.2, 0.25) is 0 Å². The molecule has 2 unspecified atom stereocenters. The van der Waals surface area contributed by atoms with E-state index in [2.05, 4.69) is 17.1 Å². The Morgan fingerprint density at radius 1 is 1.73 bits per heavy atom. The van der Waals surface area contributed by atoms with Crippen molar-refractivity contribution in [2.75, 3.05) is 6.61 Å². The number of rotatable bonds is 5. The summed E-state index contributed by atoms with van der Waals surface area (Å²) in [6.45, 7) is 1.83. The van der Waals surface area contributed by atoms with Gasteiger partial charge in [-0.3, -0.25) is 0 Å². The largest absolute Gasteiger partial charge is 0.480 e. The molecule has 6 heteroatoms. The molecule has 0 aromatic carbocycles. The summed E-state index contributed by atoms with van der Waals surface area (Å²) in [5.41, 5.74) is 0. The highest BCUT2D eigenvalue weighted by molar-refractivity contribution is 5.67. The molecule has 15 heavy (non-hydrogen) atoms. The zero-order chi connectivity index (χ0) is 10.8. The number of aliphatic carboxylic acids is 1. The lowest BCUT2D eigenvalue weighted by Crippen LogP contribution is -2.06. The quantitative estimate of drug-likeness (QED) is 0.776. The van der Waals surface area contributed by atoms with Crippen LogP contribution in [-0.2, 0) is 16.1 Å². The number of ether oxygens (including phenoxy) is 1. The Morgan fingerprint density at radius 2 is 2.47 bits per heavy atom. The van der Waals surface area contributed by atoms with E-state index >= 15 is 0 Å². The summed E-state index contributed by atoms with van der Waals surface area (Å²) >= 11 is 0. The van der Waals surface area contributed by atoms with Crippen molar-refractivity contribution in [1.82, 2.24) is 10.1 Å². The van der Waals surface area contributed by atoms with Gasteiger partial charge in [0, 0.05) is 5.92 Å². The number of aromatic nitrogens is 2. The first-order valence-corrected chi connectivity index (χ1v) is 4.79. The molecule has 6 nitrogen and oxygen atoms in total. The summed E-state index contributed by atoms with van der Waals surface area (Å²) in [6.07, 6.45) is 1.09. The van der Waals surface area contributed by atoms with Crippen LogP contribution in [0.15, 0.2) is 4.52 Å². The van der Waals surface area contributed by atoms with E-state index in [0.29, 0.717) is 23.6 Å². The van der Waals surface area contributed by atoms with Gasteiger partial charge in [-0.1, -0.05) is 12.1 Å². The molecular weight excluding hydrogens is 200 g/mol. The summed E-state index contributed by atoms with van der Waals surface area (Å²) in [5.74, 6) is 1.06. The number of carbonyl (C=O) groups is 1. The maximum absolute atomic E-state index is 10.2. The molecule has 1 N–H and O–H groups in total. The first-order chi connectivity index (χ1) is 7.16. The van der Waals surface area contributed by atoms with Gasteiger partial charge in [0.15, 0.2) is 5.82 Å². The average Bonchev–Trinajstić information content (AvgIpc) is 2.73. The van der Waals surface area contributed by atoms with Crippen molar-refractivity contribution >= 4 is 5.97 Å². The smallest absolute Gasteiger partial charge is 0.329 e. The van der Waals surface area contributed by atoms with Crippen LogP contribution in [0.1, 0.15) is 31.0 Å². The molecule has 1 fully saturated rings. The first kappa shape index (κ1) is 10.1. The maximum atomic E-state index is 10.2. The van der Waals surface area contributed by atoms with Gasteiger partial charge in [0.2, 0.25) is 0 Å². The lowest BCUT2D eigenvalue weighted by molar-refractivity contribution is -0.142. The van der Waals surface area contributed by atoms with Crippen molar-refractivity contribution in [2.45, 2.75) is 25.9 Å².